The second kappa shape index (κ2) is 8.96. The molecule has 0 radical (unpaired) electrons. The van der Waals surface area contributed by atoms with Crippen molar-refractivity contribution < 1.29 is 55.5 Å². The van der Waals surface area contributed by atoms with Crippen molar-refractivity contribution in [2.24, 2.45) is 0 Å². The predicted molar refractivity (Wildman–Crippen MR) is 73.0 cm³/mol. The van der Waals surface area contributed by atoms with Crippen LogP contribution < -0.4 is 5.32 Å². The number of hydrogen-bond acceptors (Lipinski definition) is 11. The molecule has 0 saturated carbocycles. The van der Waals surface area contributed by atoms with Crippen molar-refractivity contribution in [2.75, 3.05) is 13.2 Å². The maximum atomic E-state index is 11.8. The highest BCUT2D eigenvalue weighted by molar-refractivity contribution is 5.81. The Hall–Kier alpha value is -0.930. The minimum Gasteiger partial charge on any atom is -0.394 e. The van der Waals surface area contributed by atoms with Crippen LogP contribution in [0.5, 0.6) is 0 Å². The zero-order chi connectivity index (χ0) is 18.6. The number of rotatable bonds is 7. The summed E-state index contributed by atoms with van der Waals surface area (Å²) in [5.74, 6) is -1.35. The molecule has 0 aromatic heterocycles. The SMILES string of the molecule is O=C(NC1C(O)OC(CO)C(O)C1O)C(O)C(O)C(O)C(O)CO. The van der Waals surface area contributed by atoms with Crippen molar-refractivity contribution in [2.45, 2.75) is 55.1 Å². The second-order valence-corrected chi connectivity index (χ2v) is 5.44. The maximum Gasteiger partial charge on any atom is 0.252 e. The average molecular weight is 357 g/mol. The molecular weight excluding hydrogens is 334 g/mol. The highest BCUT2D eigenvalue weighted by Gasteiger charge is 2.45. The lowest BCUT2D eigenvalue weighted by atomic mass is 9.96. The minimum atomic E-state index is -2.28. The first kappa shape index (κ1) is 21.1. The normalized spacial score (nSPS) is 35.8. The second-order valence-electron chi connectivity index (χ2n) is 5.44. The van der Waals surface area contributed by atoms with Crippen LogP contribution in [0.25, 0.3) is 0 Å². The van der Waals surface area contributed by atoms with Gasteiger partial charge in [0.05, 0.1) is 13.2 Å². The highest BCUT2D eigenvalue weighted by atomic mass is 16.6. The zero-order valence-electron chi connectivity index (χ0n) is 12.5. The monoisotopic (exact) mass is 357 g/mol. The highest BCUT2D eigenvalue weighted by Crippen LogP contribution is 2.20. The fourth-order valence-electron chi connectivity index (χ4n) is 2.18. The first-order valence-electron chi connectivity index (χ1n) is 7.09. The number of aliphatic hydroxyl groups is 9. The van der Waals surface area contributed by atoms with Crippen LogP contribution in [0.2, 0.25) is 0 Å². The number of ether oxygens (including phenoxy) is 1. The molecule has 142 valence electrons. The molecule has 1 fully saturated rings. The molecule has 12 heteroatoms. The average Bonchev–Trinajstić information content (AvgIpc) is 2.58. The van der Waals surface area contributed by atoms with Gasteiger partial charge in [0.15, 0.2) is 12.4 Å². The summed E-state index contributed by atoms with van der Waals surface area (Å²) in [5, 5.41) is 86.5. The topological polar surface area (TPSA) is 220 Å². The van der Waals surface area contributed by atoms with E-state index in [2.05, 4.69) is 0 Å². The van der Waals surface area contributed by atoms with Crippen LogP contribution in [0.15, 0.2) is 0 Å². The van der Waals surface area contributed by atoms with E-state index in [9.17, 15) is 35.4 Å². The summed E-state index contributed by atoms with van der Waals surface area (Å²) in [5.41, 5.74) is 0. The van der Waals surface area contributed by atoms with Crippen LogP contribution >= 0.6 is 0 Å². The predicted octanol–water partition coefficient (Wildman–Crippen LogP) is -6.66. The molecular formula is C12H23NO11. The molecule has 0 bridgehead atoms. The maximum absolute atomic E-state index is 11.8. The summed E-state index contributed by atoms with van der Waals surface area (Å²) in [4.78, 5) is 11.8. The molecule has 1 aliphatic rings. The van der Waals surface area contributed by atoms with Gasteiger partial charge in [-0.1, -0.05) is 0 Å². The van der Waals surface area contributed by atoms with Gasteiger partial charge in [0, 0.05) is 0 Å². The number of hydrogen-bond donors (Lipinski definition) is 10. The van der Waals surface area contributed by atoms with Crippen LogP contribution in [0.4, 0.5) is 0 Å². The molecule has 0 aromatic carbocycles. The molecule has 1 amide bonds. The Morgan fingerprint density at radius 2 is 1.58 bits per heavy atom. The lowest BCUT2D eigenvalue weighted by Crippen LogP contribution is -2.65. The third-order valence-corrected chi connectivity index (χ3v) is 3.73. The largest absolute Gasteiger partial charge is 0.394 e. The number of carbonyl (C=O) groups excluding carboxylic acids is 1. The molecule has 1 rings (SSSR count). The van der Waals surface area contributed by atoms with Crippen molar-refractivity contribution in [3.05, 3.63) is 0 Å². The van der Waals surface area contributed by atoms with Crippen LogP contribution in [-0.4, -0.2) is 120 Å². The Labute approximate surface area is 136 Å². The molecule has 9 atom stereocenters. The summed E-state index contributed by atoms with van der Waals surface area (Å²) in [6.07, 6.45) is -14.8. The number of amides is 1. The Morgan fingerprint density at radius 3 is 2.08 bits per heavy atom. The van der Waals surface area contributed by atoms with Crippen LogP contribution in [0.3, 0.4) is 0 Å². The van der Waals surface area contributed by atoms with E-state index in [1.165, 1.54) is 0 Å². The van der Waals surface area contributed by atoms with Crippen LogP contribution in [0, 0.1) is 0 Å². The molecule has 1 aliphatic heterocycles. The summed E-state index contributed by atoms with van der Waals surface area (Å²) in [7, 11) is 0. The van der Waals surface area contributed by atoms with Crippen LogP contribution in [-0.2, 0) is 9.53 Å². The van der Waals surface area contributed by atoms with E-state index in [1.807, 2.05) is 5.32 Å². The van der Waals surface area contributed by atoms with Gasteiger partial charge in [-0.2, -0.15) is 0 Å². The number of carbonyl (C=O) groups is 1. The Morgan fingerprint density at radius 1 is 1.00 bits per heavy atom. The third-order valence-electron chi connectivity index (χ3n) is 3.73. The first-order chi connectivity index (χ1) is 11.1. The molecule has 0 aliphatic carbocycles. The van der Waals surface area contributed by atoms with Gasteiger partial charge in [-0.05, 0) is 0 Å². The van der Waals surface area contributed by atoms with Crippen molar-refractivity contribution in [3.63, 3.8) is 0 Å². The standard InChI is InChI=1S/C12H23NO11/c14-1-3(16)6(17)9(20)10(21)11(22)13-5-8(19)7(18)4(2-15)24-12(5)23/h3-10,12,14-21,23H,1-2H2,(H,13,22). The molecule has 12 nitrogen and oxygen atoms in total. The Kier molecular flexibility index (Phi) is 7.88. The third kappa shape index (κ3) is 4.58. The van der Waals surface area contributed by atoms with Gasteiger partial charge in [0.25, 0.3) is 5.91 Å². The van der Waals surface area contributed by atoms with E-state index < -0.39 is 74.2 Å². The molecule has 1 saturated heterocycles. The van der Waals surface area contributed by atoms with E-state index >= 15 is 0 Å². The molecule has 0 spiro atoms. The van der Waals surface area contributed by atoms with E-state index in [1.54, 1.807) is 0 Å². The summed E-state index contributed by atoms with van der Waals surface area (Å²) in [6.45, 7) is -1.64. The fourth-order valence-corrected chi connectivity index (χ4v) is 2.18. The lowest BCUT2D eigenvalue weighted by molar-refractivity contribution is -0.254. The molecule has 10 N–H and O–H groups in total. The van der Waals surface area contributed by atoms with Gasteiger partial charge in [0.1, 0.15) is 42.7 Å². The van der Waals surface area contributed by atoms with E-state index in [4.69, 9.17) is 20.1 Å². The van der Waals surface area contributed by atoms with Crippen molar-refractivity contribution >= 4 is 5.91 Å². The smallest absolute Gasteiger partial charge is 0.252 e. The molecule has 9 unspecified atom stereocenters. The van der Waals surface area contributed by atoms with Crippen molar-refractivity contribution in [1.82, 2.24) is 5.32 Å². The van der Waals surface area contributed by atoms with Gasteiger partial charge in [0.2, 0.25) is 0 Å². The van der Waals surface area contributed by atoms with E-state index in [0.717, 1.165) is 0 Å². The first-order valence-corrected chi connectivity index (χ1v) is 7.09. The molecule has 0 aromatic rings. The van der Waals surface area contributed by atoms with Gasteiger partial charge in [-0.15, -0.1) is 0 Å². The van der Waals surface area contributed by atoms with E-state index in [0.29, 0.717) is 0 Å². The van der Waals surface area contributed by atoms with Crippen LogP contribution in [0.1, 0.15) is 0 Å². The molecule has 1 heterocycles. The van der Waals surface area contributed by atoms with Crippen molar-refractivity contribution in [3.8, 4) is 0 Å². The van der Waals surface area contributed by atoms with Gasteiger partial charge >= 0.3 is 0 Å². The quantitative estimate of drug-likeness (QED) is 0.206. The Balaban J connectivity index is 2.72. The van der Waals surface area contributed by atoms with E-state index in [-0.39, 0.29) is 0 Å². The summed E-state index contributed by atoms with van der Waals surface area (Å²) < 4.78 is 4.79. The minimum absolute atomic E-state index is 0.706. The lowest BCUT2D eigenvalue weighted by Gasteiger charge is -2.40. The summed E-state index contributed by atoms with van der Waals surface area (Å²) >= 11 is 0. The Bertz CT molecular complexity index is 410. The van der Waals surface area contributed by atoms with Gasteiger partial charge in [-0.25, -0.2) is 0 Å². The number of nitrogens with one attached hydrogen (secondary N) is 1. The fraction of sp³-hybridized carbons (Fsp3) is 0.917. The van der Waals surface area contributed by atoms with Gasteiger partial charge in [-0.3, -0.25) is 4.79 Å². The zero-order valence-corrected chi connectivity index (χ0v) is 12.5. The molecule has 24 heavy (non-hydrogen) atoms. The summed E-state index contributed by atoms with van der Waals surface area (Å²) in [6, 6.07) is -1.60. The number of aliphatic hydroxyl groups excluding tert-OH is 9. The van der Waals surface area contributed by atoms with Gasteiger partial charge < -0.3 is 56.0 Å². The van der Waals surface area contributed by atoms with Crippen molar-refractivity contribution in [1.29, 1.82) is 0 Å².